The molecule has 0 N–H and O–H groups in total. The van der Waals surface area contributed by atoms with E-state index in [0.717, 1.165) is 18.3 Å². The molecule has 0 amide bonds. The van der Waals surface area contributed by atoms with E-state index < -0.39 is 0 Å². The van der Waals surface area contributed by atoms with Gasteiger partial charge in [-0.3, -0.25) is 0 Å². The Morgan fingerprint density at radius 2 is 1.92 bits per heavy atom. The van der Waals surface area contributed by atoms with Crippen LogP contribution in [0, 0.1) is 0 Å². The second kappa shape index (κ2) is 6.55. The third-order valence-corrected chi connectivity index (χ3v) is 1.67. The maximum absolute atomic E-state index is 11.0. The summed E-state index contributed by atoms with van der Waals surface area (Å²) < 4.78 is 4.84. The summed E-state index contributed by atoms with van der Waals surface area (Å²) in [6.45, 7) is 0. The van der Waals surface area contributed by atoms with Crippen molar-refractivity contribution in [3.05, 3.63) is 35.9 Å². The van der Waals surface area contributed by atoms with Gasteiger partial charge in [0.2, 0.25) is 0 Å². The fourth-order valence-corrected chi connectivity index (χ4v) is 1.14. The number of hydrogen-bond acceptors (Lipinski definition) is 2. The van der Waals surface area contributed by atoms with Crippen LogP contribution in [0.3, 0.4) is 0 Å². The monoisotopic (exact) mass is 326 g/mol. The molecule has 0 aliphatic heterocycles. The van der Waals surface area contributed by atoms with Crippen molar-refractivity contribution in [2.24, 2.45) is 0 Å². The van der Waals surface area contributed by atoms with Crippen LogP contribution in [0.2, 0.25) is 0 Å². The summed E-state index contributed by atoms with van der Waals surface area (Å²) >= 11 is 0.985. The molecule has 0 saturated heterocycles. The maximum Gasteiger partial charge on any atom is -1.00 e. The van der Waals surface area contributed by atoms with Gasteiger partial charge in [0, 0.05) is 0 Å². The summed E-state index contributed by atoms with van der Waals surface area (Å²) in [6, 6.07) is 9.01. The van der Waals surface area contributed by atoms with E-state index in [1.54, 1.807) is 12.1 Å². The Kier molecular flexibility index (Phi) is 6.57. The number of carbonyl (C=O) groups is 1. The van der Waals surface area contributed by atoms with Crippen LogP contribution in [-0.4, -0.2) is 11.2 Å². The number of rotatable bonds is 2. The number of ether oxygens (including phenoxy) is 1. The molecule has 12 heavy (non-hydrogen) atoms. The minimum Gasteiger partial charge on any atom is -1.00 e. The van der Waals surface area contributed by atoms with Crippen molar-refractivity contribution in [3.8, 4) is 0 Å². The van der Waals surface area contributed by atoms with Gasteiger partial charge in [0.1, 0.15) is 0 Å². The average molecular weight is 327 g/mol. The molecule has 0 unspecified atom stereocenters. The number of halogens is 1. The average Bonchev–Trinajstić information content (AvgIpc) is 2.07. The quantitative estimate of drug-likeness (QED) is 0.370. The third kappa shape index (κ3) is 3.63. The topological polar surface area (TPSA) is 26.3 Å². The smallest absolute Gasteiger partial charge is 1.00 e. The van der Waals surface area contributed by atoms with Crippen molar-refractivity contribution in [2.45, 2.75) is 0 Å². The molecule has 0 atom stereocenters. The second-order valence-electron chi connectivity index (χ2n) is 2.00. The van der Waals surface area contributed by atoms with E-state index in [-0.39, 0.29) is 29.9 Å². The fraction of sp³-hybridized carbons (Fsp3) is 0.125. The van der Waals surface area contributed by atoms with Crippen LogP contribution in [0.15, 0.2) is 30.3 Å². The minimum atomic E-state index is -0.225. The summed E-state index contributed by atoms with van der Waals surface area (Å²) in [5, 5.41) is 0.549. The molecule has 1 rings (SSSR count). The fourth-order valence-electron chi connectivity index (χ4n) is 0.750. The van der Waals surface area contributed by atoms with Crippen LogP contribution in [-0.2, 0) is 23.0 Å². The van der Waals surface area contributed by atoms with Crippen LogP contribution < -0.4 is 24.0 Å². The Bertz CT molecular complexity index is 238. The van der Waals surface area contributed by atoms with Gasteiger partial charge in [0.05, 0.1) is 0 Å². The van der Waals surface area contributed by atoms with Crippen LogP contribution in [0.1, 0.15) is 10.4 Å². The Hall–Kier alpha value is 0.0434. The van der Waals surface area contributed by atoms with Crippen molar-refractivity contribution in [2.75, 3.05) is 5.20 Å². The van der Waals surface area contributed by atoms with E-state index in [9.17, 15) is 4.79 Å². The summed E-state index contributed by atoms with van der Waals surface area (Å²) in [4.78, 5) is 11.0. The van der Waals surface area contributed by atoms with Gasteiger partial charge in [0.15, 0.2) is 0 Å². The third-order valence-electron chi connectivity index (χ3n) is 1.24. The van der Waals surface area contributed by atoms with Gasteiger partial charge in [0.25, 0.3) is 0 Å². The van der Waals surface area contributed by atoms with Gasteiger partial charge in [-0.2, -0.15) is 0 Å². The van der Waals surface area contributed by atoms with Crippen molar-refractivity contribution in [1.29, 1.82) is 0 Å². The van der Waals surface area contributed by atoms with E-state index in [2.05, 4.69) is 0 Å². The van der Waals surface area contributed by atoms with E-state index in [1.807, 2.05) is 18.2 Å². The Morgan fingerprint density at radius 1 is 1.33 bits per heavy atom. The predicted molar refractivity (Wildman–Crippen MR) is 36.7 cm³/mol. The number of benzene rings is 1. The van der Waals surface area contributed by atoms with Crippen molar-refractivity contribution in [1.82, 2.24) is 0 Å². The summed E-state index contributed by atoms with van der Waals surface area (Å²) in [7, 11) is 0. The second-order valence-corrected chi connectivity index (χ2v) is 2.86. The number of esters is 1. The first-order chi connectivity index (χ1) is 5.34. The van der Waals surface area contributed by atoms with Crippen LogP contribution in [0.25, 0.3) is 0 Å². The van der Waals surface area contributed by atoms with Crippen LogP contribution >= 0.6 is 0 Å². The maximum atomic E-state index is 11.0. The zero-order valence-corrected chi connectivity index (χ0v) is 11.6. The molecule has 0 aliphatic carbocycles. The Labute approximate surface area is 98.4 Å². The molecular formula is C8H7IO2Zn. The zero-order chi connectivity index (χ0) is 8.10. The molecular weight excluding hydrogens is 320 g/mol. The van der Waals surface area contributed by atoms with Crippen molar-refractivity contribution in [3.63, 3.8) is 0 Å². The molecule has 0 heterocycles. The predicted octanol–water partition coefficient (Wildman–Crippen LogP) is -1.65. The molecule has 0 bridgehead atoms. The minimum absolute atomic E-state index is 0. The molecule has 0 saturated carbocycles. The van der Waals surface area contributed by atoms with Crippen LogP contribution in [0.4, 0.5) is 0 Å². The van der Waals surface area contributed by atoms with Gasteiger partial charge in [-0.25, -0.2) is 0 Å². The molecule has 2 nitrogen and oxygen atoms in total. The number of carbonyl (C=O) groups excluding carboxylic acids is 1. The molecule has 60 valence electrons. The van der Waals surface area contributed by atoms with Crippen molar-refractivity contribution < 1.29 is 51.8 Å². The summed E-state index contributed by atoms with van der Waals surface area (Å²) in [6.07, 6.45) is 0. The van der Waals surface area contributed by atoms with E-state index >= 15 is 0 Å². The SMILES string of the molecule is O=C(O[CH2][Zn+])c1ccccc1.[I-]. The first-order valence-corrected chi connectivity index (χ1v) is 5.46. The van der Waals surface area contributed by atoms with Crippen LogP contribution in [0.5, 0.6) is 0 Å². The number of hydrogen-bond donors (Lipinski definition) is 0. The molecule has 0 aliphatic rings. The molecule has 1 aromatic rings. The molecule has 0 fully saturated rings. The van der Waals surface area contributed by atoms with Crippen molar-refractivity contribution >= 4 is 5.97 Å². The largest absolute Gasteiger partial charge is 1.00 e. The normalized spacial score (nSPS) is 8.50. The molecule has 1 aromatic carbocycles. The van der Waals surface area contributed by atoms with Gasteiger partial charge in [-0.15, -0.1) is 0 Å². The van der Waals surface area contributed by atoms with Gasteiger partial charge in [-0.1, -0.05) is 0 Å². The van der Waals surface area contributed by atoms with Gasteiger partial charge in [-0.05, 0) is 0 Å². The first-order valence-electron chi connectivity index (χ1n) is 3.36. The Morgan fingerprint density at radius 3 is 2.42 bits per heavy atom. The van der Waals surface area contributed by atoms with Gasteiger partial charge >= 0.3 is 74.9 Å². The molecule has 0 spiro atoms. The van der Waals surface area contributed by atoms with Gasteiger partial charge < -0.3 is 24.0 Å². The molecule has 4 heteroatoms. The van der Waals surface area contributed by atoms with E-state index in [4.69, 9.17) is 4.74 Å². The Balaban J connectivity index is 0.00000121. The summed E-state index contributed by atoms with van der Waals surface area (Å²) in [5.41, 5.74) is 0.626. The summed E-state index contributed by atoms with van der Waals surface area (Å²) in [5.74, 6) is -0.225. The van der Waals surface area contributed by atoms with E-state index in [0.29, 0.717) is 10.8 Å². The molecule has 0 aromatic heterocycles. The zero-order valence-electron chi connectivity index (χ0n) is 6.50. The van der Waals surface area contributed by atoms with E-state index in [1.165, 1.54) is 0 Å². The standard InChI is InChI=1S/C8H7O2.HI.Zn/c1-10-8(9)7-5-3-2-4-6-7;;/h2-6H,1H2;1H;/q;;+1/p-1. The first kappa shape index (κ1) is 12.0. The molecule has 0 radical (unpaired) electrons.